The van der Waals surface area contributed by atoms with Crippen molar-refractivity contribution in [3.8, 4) is 0 Å². The van der Waals surface area contributed by atoms with Gasteiger partial charge < -0.3 is 10.4 Å². The van der Waals surface area contributed by atoms with Crippen molar-refractivity contribution in [2.75, 3.05) is 0 Å². The molecule has 0 aliphatic heterocycles. The molecule has 3 nitrogen and oxygen atoms in total. The number of carbonyl (C=O) groups is 1. The summed E-state index contributed by atoms with van der Waals surface area (Å²) in [5, 5.41) is 12.8. The maximum atomic E-state index is 11.6. The van der Waals surface area contributed by atoms with Crippen LogP contribution in [0.1, 0.15) is 64.7 Å². The van der Waals surface area contributed by atoms with E-state index < -0.39 is 0 Å². The summed E-state index contributed by atoms with van der Waals surface area (Å²) in [5.41, 5.74) is 0. The minimum atomic E-state index is -0.336. The second-order valence-electron chi connectivity index (χ2n) is 4.84. The largest absolute Gasteiger partial charge is 0.391 e. The lowest BCUT2D eigenvalue weighted by molar-refractivity contribution is -0.122. The third-order valence-electron chi connectivity index (χ3n) is 3.33. The highest BCUT2D eigenvalue weighted by Gasteiger charge is 2.22. The van der Waals surface area contributed by atoms with Gasteiger partial charge in [0.2, 0.25) is 5.91 Å². The van der Waals surface area contributed by atoms with Gasteiger partial charge in [-0.3, -0.25) is 4.79 Å². The van der Waals surface area contributed by atoms with Crippen molar-refractivity contribution in [2.24, 2.45) is 0 Å². The van der Waals surface area contributed by atoms with Crippen LogP contribution in [-0.4, -0.2) is 23.2 Å². The maximum Gasteiger partial charge on any atom is 0.220 e. The Bertz CT molecular complexity index is 206. The van der Waals surface area contributed by atoms with Crippen molar-refractivity contribution >= 4 is 5.91 Å². The molecular weight excluding hydrogens is 202 g/mol. The fourth-order valence-electron chi connectivity index (χ4n) is 2.27. The van der Waals surface area contributed by atoms with Crippen molar-refractivity contribution in [1.82, 2.24) is 5.32 Å². The Balaban J connectivity index is 2.25. The number of aliphatic hydroxyl groups excluding tert-OH is 1. The van der Waals surface area contributed by atoms with Gasteiger partial charge in [0.25, 0.3) is 0 Å². The first-order valence-electron chi connectivity index (χ1n) is 6.71. The molecule has 0 aromatic rings. The Morgan fingerprint density at radius 3 is 2.75 bits per heavy atom. The lowest BCUT2D eigenvalue weighted by atomic mass is 10.1. The number of hydrogen-bond donors (Lipinski definition) is 2. The molecule has 16 heavy (non-hydrogen) atoms. The topological polar surface area (TPSA) is 49.3 Å². The lowest BCUT2D eigenvalue weighted by Gasteiger charge is -2.21. The highest BCUT2D eigenvalue weighted by molar-refractivity contribution is 5.76. The number of aliphatic hydroxyl groups is 1. The van der Waals surface area contributed by atoms with Crippen LogP contribution in [0, 0.1) is 0 Å². The first kappa shape index (κ1) is 13.5. The molecule has 0 aromatic heterocycles. The number of unbranched alkanes of at least 4 members (excludes halogenated alkanes) is 2. The average molecular weight is 227 g/mol. The summed E-state index contributed by atoms with van der Waals surface area (Å²) in [7, 11) is 0. The number of nitrogens with one attached hydrogen (secondary N) is 1. The Hall–Kier alpha value is -0.570. The van der Waals surface area contributed by atoms with Gasteiger partial charge in [0.1, 0.15) is 0 Å². The van der Waals surface area contributed by atoms with Gasteiger partial charge >= 0.3 is 0 Å². The second-order valence-corrected chi connectivity index (χ2v) is 4.84. The van der Waals surface area contributed by atoms with Crippen molar-refractivity contribution in [3.05, 3.63) is 0 Å². The van der Waals surface area contributed by atoms with Crippen molar-refractivity contribution < 1.29 is 9.90 Å². The number of carbonyl (C=O) groups excluding carboxylic acids is 1. The van der Waals surface area contributed by atoms with Gasteiger partial charge in [-0.2, -0.15) is 0 Å². The lowest BCUT2D eigenvalue weighted by Crippen LogP contribution is -2.42. The monoisotopic (exact) mass is 227 g/mol. The van der Waals surface area contributed by atoms with Crippen molar-refractivity contribution in [3.63, 3.8) is 0 Å². The highest BCUT2D eigenvalue weighted by Crippen LogP contribution is 2.18. The molecule has 0 aromatic carbocycles. The smallest absolute Gasteiger partial charge is 0.220 e. The molecule has 1 aliphatic rings. The molecule has 2 N–H and O–H groups in total. The summed E-state index contributed by atoms with van der Waals surface area (Å²) in [6, 6.07) is -0.00312. The first-order chi connectivity index (χ1) is 7.74. The Morgan fingerprint density at radius 2 is 2.00 bits per heavy atom. The van der Waals surface area contributed by atoms with E-state index >= 15 is 0 Å². The van der Waals surface area contributed by atoms with Gasteiger partial charge in [-0.25, -0.2) is 0 Å². The predicted octanol–water partition coefficient (Wildman–Crippen LogP) is 2.38. The van der Waals surface area contributed by atoms with E-state index in [4.69, 9.17) is 0 Å². The van der Waals surface area contributed by atoms with Crippen LogP contribution in [0.3, 0.4) is 0 Å². The van der Waals surface area contributed by atoms with Crippen LogP contribution in [0.2, 0.25) is 0 Å². The molecule has 1 amide bonds. The van der Waals surface area contributed by atoms with E-state index in [9.17, 15) is 9.90 Å². The fraction of sp³-hybridized carbons (Fsp3) is 0.923. The third-order valence-corrected chi connectivity index (χ3v) is 3.33. The molecule has 0 bridgehead atoms. The van der Waals surface area contributed by atoms with Gasteiger partial charge in [-0.05, 0) is 19.3 Å². The normalized spacial score (nSPS) is 26.1. The molecular formula is C13H25NO2. The minimum Gasteiger partial charge on any atom is -0.391 e. The quantitative estimate of drug-likeness (QED) is 0.559. The van der Waals surface area contributed by atoms with E-state index in [-0.39, 0.29) is 18.1 Å². The Labute approximate surface area is 98.6 Å². The molecule has 0 saturated heterocycles. The second kappa shape index (κ2) is 7.66. The molecule has 0 radical (unpaired) electrons. The van der Waals surface area contributed by atoms with Crippen LogP contribution in [0.4, 0.5) is 0 Å². The fourth-order valence-corrected chi connectivity index (χ4v) is 2.27. The first-order valence-corrected chi connectivity index (χ1v) is 6.71. The molecule has 0 spiro atoms. The summed E-state index contributed by atoms with van der Waals surface area (Å²) >= 11 is 0. The summed E-state index contributed by atoms with van der Waals surface area (Å²) in [6.45, 7) is 2.13. The molecule has 1 aliphatic carbocycles. The van der Waals surface area contributed by atoms with Gasteiger partial charge in [-0.1, -0.05) is 39.0 Å². The standard InChI is InChI=1S/C13H25NO2/c1-2-3-5-10-13(16)14-11-8-6-4-7-9-12(11)15/h11-12,15H,2-10H2,1H3,(H,14,16). The van der Waals surface area contributed by atoms with E-state index in [0.29, 0.717) is 6.42 Å². The molecule has 1 saturated carbocycles. The molecule has 1 rings (SSSR count). The summed E-state index contributed by atoms with van der Waals surface area (Å²) in [6.07, 6.45) is 8.64. The van der Waals surface area contributed by atoms with E-state index in [1.807, 2.05) is 0 Å². The van der Waals surface area contributed by atoms with Crippen LogP contribution in [-0.2, 0) is 4.79 Å². The van der Waals surface area contributed by atoms with Crippen molar-refractivity contribution in [2.45, 2.75) is 76.9 Å². The maximum absolute atomic E-state index is 11.6. The molecule has 3 heteroatoms. The summed E-state index contributed by atoms with van der Waals surface area (Å²) in [4.78, 5) is 11.6. The van der Waals surface area contributed by atoms with Crippen LogP contribution in [0.15, 0.2) is 0 Å². The van der Waals surface area contributed by atoms with Crippen LogP contribution in [0.5, 0.6) is 0 Å². The summed E-state index contributed by atoms with van der Waals surface area (Å²) in [5.74, 6) is 0.111. The van der Waals surface area contributed by atoms with Crippen LogP contribution in [0.25, 0.3) is 0 Å². The molecule has 0 heterocycles. The van der Waals surface area contributed by atoms with E-state index in [0.717, 1.165) is 44.9 Å². The third kappa shape index (κ3) is 4.97. The minimum absolute atomic E-state index is 0.00312. The SMILES string of the molecule is CCCCCC(=O)NC1CCCCCC1O. The van der Waals surface area contributed by atoms with E-state index in [1.54, 1.807) is 0 Å². The van der Waals surface area contributed by atoms with E-state index in [1.165, 1.54) is 6.42 Å². The zero-order valence-corrected chi connectivity index (χ0v) is 10.4. The van der Waals surface area contributed by atoms with Gasteiger partial charge in [0.15, 0.2) is 0 Å². The zero-order valence-electron chi connectivity index (χ0n) is 10.4. The van der Waals surface area contributed by atoms with E-state index in [2.05, 4.69) is 12.2 Å². The van der Waals surface area contributed by atoms with Crippen LogP contribution < -0.4 is 5.32 Å². The molecule has 2 atom stereocenters. The Morgan fingerprint density at radius 1 is 1.25 bits per heavy atom. The predicted molar refractivity (Wildman–Crippen MR) is 65.2 cm³/mol. The Kier molecular flexibility index (Phi) is 6.46. The average Bonchev–Trinajstić information content (AvgIpc) is 2.45. The number of hydrogen-bond acceptors (Lipinski definition) is 2. The highest BCUT2D eigenvalue weighted by atomic mass is 16.3. The van der Waals surface area contributed by atoms with Crippen molar-refractivity contribution in [1.29, 1.82) is 0 Å². The molecule has 2 unspecified atom stereocenters. The number of rotatable bonds is 5. The summed E-state index contributed by atoms with van der Waals surface area (Å²) < 4.78 is 0. The molecule has 1 fully saturated rings. The molecule has 94 valence electrons. The van der Waals surface area contributed by atoms with Gasteiger partial charge in [0.05, 0.1) is 12.1 Å². The van der Waals surface area contributed by atoms with Gasteiger partial charge in [0, 0.05) is 6.42 Å². The number of amides is 1. The van der Waals surface area contributed by atoms with Crippen LogP contribution >= 0.6 is 0 Å². The zero-order chi connectivity index (χ0) is 11.8. The van der Waals surface area contributed by atoms with Gasteiger partial charge in [-0.15, -0.1) is 0 Å².